The van der Waals surface area contributed by atoms with E-state index in [0.717, 1.165) is 0 Å². The number of rotatable bonds is 4. The number of aromatic nitrogens is 3. The van der Waals surface area contributed by atoms with Crippen molar-refractivity contribution in [1.29, 1.82) is 0 Å². The number of hydrogen-bond donors (Lipinski definition) is 2. The first kappa shape index (κ1) is 15.3. The minimum absolute atomic E-state index is 0.325. The molecule has 7 heteroatoms. The van der Waals surface area contributed by atoms with Gasteiger partial charge in [-0.1, -0.05) is 23.7 Å². The maximum atomic E-state index is 13.6. The van der Waals surface area contributed by atoms with Crippen molar-refractivity contribution in [3.05, 3.63) is 76.8 Å². The van der Waals surface area contributed by atoms with Crippen molar-refractivity contribution >= 4 is 17.5 Å². The zero-order chi connectivity index (χ0) is 16.4. The van der Waals surface area contributed by atoms with E-state index in [4.69, 9.17) is 11.6 Å². The summed E-state index contributed by atoms with van der Waals surface area (Å²) in [5.41, 5.74) is 0.927. The van der Waals surface area contributed by atoms with Crippen LogP contribution in [0.1, 0.15) is 27.9 Å². The summed E-state index contributed by atoms with van der Waals surface area (Å²) in [7, 11) is 1.81. The molecule has 1 aromatic carbocycles. The highest BCUT2D eigenvalue weighted by Crippen LogP contribution is 2.22. The predicted octanol–water partition coefficient (Wildman–Crippen LogP) is 3.06. The number of amides is 1. The predicted molar refractivity (Wildman–Crippen MR) is 84.7 cm³/mol. The molecule has 5 nitrogen and oxygen atoms in total. The summed E-state index contributed by atoms with van der Waals surface area (Å²) < 4.78 is 15.3. The van der Waals surface area contributed by atoms with Crippen LogP contribution in [-0.4, -0.2) is 20.4 Å². The molecule has 0 unspecified atom stereocenters. The van der Waals surface area contributed by atoms with Gasteiger partial charge in [-0.2, -0.15) is 0 Å². The van der Waals surface area contributed by atoms with Crippen LogP contribution < -0.4 is 5.32 Å². The van der Waals surface area contributed by atoms with E-state index >= 15 is 0 Å². The number of carbonyl (C=O) groups excluding carboxylic acids is 1. The van der Waals surface area contributed by atoms with Gasteiger partial charge in [-0.05, 0) is 23.8 Å². The Morgan fingerprint density at radius 3 is 2.87 bits per heavy atom. The molecule has 1 atom stereocenters. The van der Waals surface area contributed by atoms with Gasteiger partial charge in [-0.15, -0.1) is 0 Å². The lowest BCUT2D eigenvalue weighted by Gasteiger charge is -2.19. The highest BCUT2D eigenvalue weighted by atomic mass is 35.5. The number of imidazole rings is 1. The number of benzene rings is 1. The second kappa shape index (κ2) is 6.26. The first-order valence-electron chi connectivity index (χ1n) is 6.92. The average molecular weight is 333 g/mol. The van der Waals surface area contributed by atoms with E-state index in [1.54, 1.807) is 29.1 Å². The van der Waals surface area contributed by atoms with Gasteiger partial charge in [0.15, 0.2) is 0 Å². The summed E-state index contributed by atoms with van der Waals surface area (Å²) in [6.07, 6.45) is 4.91. The van der Waals surface area contributed by atoms with Crippen molar-refractivity contribution in [2.75, 3.05) is 0 Å². The number of carbonyl (C=O) groups is 1. The standard InChI is InChI=1S/C16H14ClFN4O/c1-22-6-5-19-15(22)14(10-3-2-4-12(18)7-10)21-16(23)13-8-11(17)9-20-13/h2-9,14,20H,1H3,(H,21,23)/t14-/m1/s1. The van der Waals surface area contributed by atoms with Crippen LogP contribution in [0.4, 0.5) is 4.39 Å². The molecule has 0 bridgehead atoms. The Labute approximate surface area is 137 Å². The zero-order valence-electron chi connectivity index (χ0n) is 12.3. The molecule has 2 N–H and O–H groups in total. The molecule has 2 heterocycles. The monoisotopic (exact) mass is 332 g/mol. The van der Waals surface area contributed by atoms with Crippen LogP contribution in [-0.2, 0) is 7.05 Å². The van der Waals surface area contributed by atoms with Crippen molar-refractivity contribution in [2.45, 2.75) is 6.04 Å². The summed E-state index contributed by atoms with van der Waals surface area (Å²) >= 11 is 5.83. The van der Waals surface area contributed by atoms with Gasteiger partial charge in [0, 0.05) is 25.6 Å². The van der Waals surface area contributed by atoms with Gasteiger partial charge >= 0.3 is 0 Å². The minimum Gasteiger partial charge on any atom is -0.356 e. The maximum absolute atomic E-state index is 13.6. The first-order valence-corrected chi connectivity index (χ1v) is 7.30. The Bertz CT molecular complexity index is 842. The number of aromatic amines is 1. The number of H-pyrrole nitrogens is 1. The Kier molecular flexibility index (Phi) is 4.16. The molecule has 0 aliphatic rings. The molecule has 23 heavy (non-hydrogen) atoms. The topological polar surface area (TPSA) is 62.7 Å². The summed E-state index contributed by atoms with van der Waals surface area (Å²) in [5, 5.41) is 3.29. The minimum atomic E-state index is -0.583. The third kappa shape index (κ3) is 3.27. The van der Waals surface area contributed by atoms with E-state index in [1.807, 2.05) is 7.05 Å². The Morgan fingerprint density at radius 2 is 2.26 bits per heavy atom. The Balaban J connectivity index is 1.96. The van der Waals surface area contributed by atoms with Crippen molar-refractivity contribution in [1.82, 2.24) is 19.9 Å². The summed E-state index contributed by atoms with van der Waals surface area (Å²) in [6.45, 7) is 0. The summed E-state index contributed by atoms with van der Waals surface area (Å²) in [6, 6.07) is 7.01. The molecule has 0 saturated carbocycles. The molecule has 0 aliphatic heterocycles. The number of nitrogens with zero attached hydrogens (tertiary/aromatic N) is 2. The van der Waals surface area contributed by atoms with Crippen LogP contribution in [0, 0.1) is 5.82 Å². The number of aryl methyl sites for hydroxylation is 1. The van der Waals surface area contributed by atoms with E-state index < -0.39 is 6.04 Å². The Morgan fingerprint density at radius 1 is 1.43 bits per heavy atom. The molecule has 118 valence electrons. The quantitative estimate of drug-likeness (QED) is 0.771. The lowest BCUT2D eigenvalue weighted by Crippen LogP contribution is -2.31. The largest absolute Gasteiger partial charge is 0.356 e. The fourth-order valence-electron chi connectivity index (χ4n) is 2.35. The number of halogens is 2. The SMILES string of the molecule is Cn1ccnc1[C@H](NC(=O)c1cc(Cl)c[nH]1)c1cccc(F)c1. The molecule has 0 aliphatic carbocycles. The first-order chi connectivity index (χ1) is 11.0. The summed E-state index contributed by atoms with van der Waals surface area (Å²) in [5.74, 6) is -0.130. The molecule has 3 aromatic rings. The van der Waals surface area contributed by atoms with Crippen LogP contribution >= 0.6 is 11.6 Å². The van der Waals surface area contributed by atoms with Crippen LogP contribution in [0.25, 0.3) is 0 Å². The zero-order valence-corrected chi connectivity index (χ0v) is 13.0. The third-order valence-electron chi connectivity index (χ3n) is 3.47. The van der Waals surface area contributed by atoms with Gasteiger partial charge in [0.1, 0.15) is 23.4 Å². The molecule has 0 radical (unpaired) electrons. The van der Waals surface area contributed by atoms with Crippen molar-refractivity contribution < 1.29 is 9.18 Å². The van der Waals surface area contributed by atoms with E-state index in [9.17, 15) is 9.18 Å². The van der Waals surface area contributed by atoms with Crippen molar-refractivity contribution in [2.24, 2.45) is 7.05 Å². The van der Waals surface area contributed by atoms with Gasteiger partial charge in [-0.3, -0.25) is 4.79 Å². The lowest BCUT2D eigenvalue weighted by molar-refractivity contribution is 0.0936. The molecule has 0 fully saturated rings. The third-order valence-corrected chi connectivity index (χ3v) is 3.68. The van der Waals surface area contributed by atoms with Crippen molar-refractivity contribution in [3.63, 3.8) is 0 Å². The van der Waals surface area contributed by atoms with E-state index in [-0.39, 0.29) is 11.7 Å². The highest BCUT2D eigenvalue weighted by molar-refractivity contribution is 6.30. The second-order valence-electron chi connectivity index (χ2n) is 5.09. The fourth-order valence-corrected chi connectivity index (χ4v) is 2.51. The number of nitrogens with one attached hydrogen (secondary N) is 2. The molecule has 2 aromatic heterocycles. The van der Waals surface area contributed by atoms with Crippen molar-refractivity contribution in [3.8, 4) is 0 Å². The maximum Gasteiger partial charge on any atom is 0.268 e. The Hall–Kier alpha value is -2.60. The van der Waals surface area contributed by atoms with E-state index in [1.165, 1.54) is 24.4 Å². The highest BCUT2D eigenvalue weighted by Gasteiger charge is 2.22. The molecule has 0 saturated heterocycles. The fraction of sp³-hybridized carbons (Fsp3) is 0.125. The van der Waals surface area contributed by atoms with Crippen LogP contribution in [0.3, 0.4) is 0 Å². The van der Waals surface area contributed by atoms with Crippen LogP contribution in [0.5, 0.6) is 0 Å². The van der Waals surface area contributed by atoms with Crippen LogP contribution in [0.15, 0.2) is 48.9 Å². The van der Waals surface area contributed by atoms with Gasteiger partial charge < -0.3 is 14.9 Å². The van der Waals surface area contributed by atoms with Gasteiger partial charge in [0.25, 0.3) is 5.91 Å². The second-order valence-corrected chi connectivity index (χ2v) is 5.53. The molecule has 3 rings (SSSR count). The van der Waals surface area contributed by atoms with E-state index in [0.29, 0.717) is 22.1 Å². The summed E-state index contributed by atoms with van der Waals surface area (Å²) in [4.78, 5) is 19.5. The number of hydrogen-bond acceptors (Lipinski definition) is 2. The average Bonchev–Trinajstić information content (AvgIpc) is 3.13. The van der Waals surface area contributed by atoms with E-state index in [2.05, 4.69) is 15.3 Å². The molecular weight excluding hydrogens is 319 g/mol. The molecule has 0 spiro atoms. The van der Waals surface area contributed by atoms with Gasteiger partial charge in [-0.25, -0.2) is 9.37 Å². The van der Waals surface area contributed by atoms with Gasteiger partial charge in [0.05, 0.1) is 5.02 Å². The molecule has 1 amide bonds. The molecular formula is C16H14ClFN4O. The normalized spacial score (nSPS) is 12.1. The van der Waals surface area contributed by atoms with Gasteiger partial charge in [0.2, 0.25) is 0 Å². The van der Waals surface area contributed by atoms with Crippen LogP contribution in [0.2, 0.25) is 5.02 Å². The smallest absolute Gasteiger partial charge is 0.268 e. The lowest BCUT2D eigenvalue weighted by atomic mass is 10.1.